The number of aromatic nitrogens is 3. The zero-order valence-corrected chi connectivity index (χ0v) is 15.6. The first kappa shape index (κ1) is 21.7. The molecule has 0 aliphatic carbocycles. The zero-order chi connectivity index (χ0) is 22.1. The van der Waals surface area contributed by atoms with Crippen LogP contribution < -0.4 is 21.4 Å². The van der Waals surface area contributed by atoms with Crippen LogP contribution in [0.25, 0.3) is 5.69 Å². The van der Waals surface area contributed by atoms with Crippen molar-refractivity contribution >= 4 is 23.9 Å². The van der Waals surface area contributed by atoms with Crippen molar-refractivity contribution in [3.05, 3.63) is 43.7 Å². The molecule has 2 N–H and O–H groups in total. The van der Waals surface area contributed by atoms with Crippen molar-refractivity contribution in [2.45, 2.75) is 6.11 Å². The summed E-state index contributed by atoms with van der Waals surface area (Å²) in [6.07, 6.45) is -4.71. The van der Waals surface area contributed by atoms with E-state index in [1.165, 1.54) is 14.1 Å². The van der Waals surface area contributed by atoms with Crippen LogP contribution in [0.15, 0.2) is 21.7 Å². The second kappa shape index (κ2) is 7.80. The average Bonchev–Trinajstić information content (AvgIpc) is 2.65. The Hall–Kier alpha value is -3.60. The van der Waals surface area contributed by atoms with Gasteiger partial charge in [0.25, 0.3) is 0 Å². The number of carboxylic acids is 1. The Bertz CT molecular complexity index is 1170. The number of nitriles is 1. The summed E-state index contributed by atoms with van der Waals surface area (Å²) in [5.41, 5.74) is -3.16. The molecule has 0 bridgehead atoms. The minimum atomic E-state index is -4.71. The van der Waals surface area contributed by atoms with Crippen molar-refractivity contribution in [1.29, 1.82) is 5.26 Å². The van der Waals surface area contributed by atoms with E-state index in [1.807, 2.05) is 0 Å². The van der Waals surface area contributed by atoms with Crippen molar-refractivity contribution in [1.82, 2.24) is 13.7 Å². The lowest BCUT2D eigenvalue weighted by Crippen LogP contribution is -2.43. The van der Waals surface area contributed by atoms with Gasteiger partial charge in [0.15, 0.2) is 16.3 Å². The third kappa shape index (κ3) is 3.99. The lowest BCUT2D eigenvalue weighted by molar-refractivity contribution is -0.210. The molecule has 1 aromatic heterocycles. The van der Waals surface area contributed by atoms with Gasteiger partial charge >= 0.3 is 23.5 Å². The number of carboxylic acid groups (broad SMARTS) is 1. The van der Waals surface area contributed by atoms with Crippen LogP contribution in [0.1, 0.15) is 0 Å². The molecule has 0 fully saturated rings. The highest BCUT2D eigenvalue weighted by atomic mass is 32.1. The first-order chi connectivity index (χ1) is 13.4. The summed E-state index contributed by atoms with van der Waals surface area (Å²) in [6, 6.07) is 2.75. The van der Waals surface area contributed by atoms with E-state index in [2.05, 4.69) is 10.1 Å². The fourth-order valence-corrected chi connectivity index (χ4v) is 2.39. The summed E-state index contributed by atoms with van der Waals surface area (Å²) < 4.78 is 47.5. The lowest BCUT2D eigenvalue weighted by Gasteiger charge is -2.18. The normalized spacial score (nSPS) is 11.0. The van der Waals surface area contributed by atoms with Gasteiger partial charge in [-0.3, -0.25) is 9.13 Å². The Morgan fingerprint density at radius 2 is 1.86 bits per heavy atom. The Labute approximate surface area is 164 Å². The van der Waals surface area contributed by atoms with Crippen molar-refractivity contribution in [2.24, 2.45) is 14.1 Å². The van der Waals surface area contributed by atoms with Crippen molar-refractivity contribution < 1.29 is 27.8 Å². The summed E-state index contributed by atoms with van der Waals surface area (Å²) in [4.78, 5) is 35.4. The molecule has 2 rings (SSSR count). The highest BCUT2D eigenvalue weighted by Crippen LogP contribution is 2.33. The highest BCUT2D eigenvalue weighted by molar-refractivity contribution is 7.71. The average molecular weight is 431 g/mol. The first-order valence-corrected chi connectivity index (χ1v) is 7.97. The fraction of sp³-hybridized carbons (Fsp3) is 0.267. The minimum absolute atomic E-state index is 0.152. The Morgan fingerprint density at radius 3 is 2.34 bits per heavy atom. The van der Waals surface area contributed by atoms with Crippen molar-refractivity contribution in [3.8, 4) is 17.5 Å². The molecule has 0 amide bonds. The van der Waals surface area contributed by atoms with E-state index in [-0.39, 0.29) is 4.77 Å². The molecule has 0 radical (unpaired) electrons. The van der Waals surface area contributed by atoms with Gasteiger partial charge in [0.1, 0.15) is 6.54 Å². The van der Waals surface area contributed by atoms with Crippen LogP contribution in [-0.4, -0.2) is 37.4 Å². The SMILES string of the molecule is Cn1c(=S)n(C)c(=O)n(-c2cc(NCC#N)c(OC(F)(F)C(=O)O)cc2F)c1=O. The highest BCUT2D eigenvalue weighted by Gasteiger charge is 2.43. The fourth-order valence-electron chi connectivity index (χ4n) is 2.23. The monoisotopic (exact) mass is 431 g/mol. The number of benzene rings is 1. The molecule has 0 aliphatic rings. The predicted molar refractivity (Wildman–Crippen MR) is 94.4 cm³/mol. The molecular weight excluding hydrogens is 419 g/mol. The molecule has 10 nitrogen and oxygen atoms in total. The molecule has 29 heavy (non-hydrogen) atoms. The number of anilines is 1. The Balaban J connectivity index is 2.79. The van der Waals surface area contributed by atoms with E-state index in [0.29, 0.717) is 10.6 Å². The number of aliphatic carboxylic acids is 1. The van der Waals surface area contributed by atoms with E-state index in [9.17, 15) is 27.6 Å². The molecule has 0 saturated heterocycles. The summed E-state index contributed by atoms with van der Waals surface area (Å²) >= 11 is 4.91. The van der Waals surface area contributed by atoms with E-state index in [4.69, 9.17) is 22.6 Å². The van der Waals surface area contributed by atoms with Gasteiger partial charge < -0.3 is 15.2 Å². The van der Waals surface area contributed by atoms with Gasteiger partial charge in [-0.2, -0.15) is 14.0 Å². The van der Waals surface area contributed by atoms with Crippen LogP contribution in [0.3, 0.4) is 0 Å². The van der Waals surface area contributed by atoms with E-state index in [0.717, 1.165) is 15.2 Å². The largest absolute Gasteiger partial charge is 0.501 e. The van der Waals surface area contributed by atoms with Crippen LogP contribution in [-0.2, 0) is 18.9 Å². The molecule has 0 saturated carbocycles. The number of hydrogen-bond donors (Lipinski definition) is 2. The topological polar surface area (TPSA) is 131 Å². The molecule has 0 aliphatic heterocycles. The molecule has 2 aromatic rings. The number of ether oxygens (including phenoxy) is 1. The molecule has 1 aromatic carbocycles. The van der Waals surface area contributed by atoms with Gasteiger partial charge in [-0.1, -0.05) is 0 Å². The summed E-state index contributed by atoms with van der Waals surface area (Å²) in [6.45, 7) is -0.466. The van der Waals surface area contributed by atoms with Crippen molar-refractivity contribution in [3.63, 3.8) is 0 Å². The number of nitrogens with zero attached hydrogens (tertiary/aromatic N) is 4. The first-order valence-electron chi connectivity index (χ1n) is 7.56. The molecule has 0 atom stereocenters. The minimum Gasteiger partial charge on any atom is -0.474 e. The third-order valence-electron chi connectivity index (χ3n) is 3.67. The summed E-state index contributed by atoms with van der Waals surface area (Å²) in [5.74, 6) is -4.94. The molecule has 154 valence electrons. The molecule has 0 spiro atoms. The molecular formula is C15H12F3N5O5S. The van der Waals surface area contributed by atoms with Gasteiger partial charge in [0, 0.05) is 20.2 Å². The van der Waals surface area contributed by atoms with E-state index in [1.54, 1.807) is 6.07 Å². The van der Waals surface area contributed by atoms with Gasteiger partial charge in [-0.15, -0.1) is 0 Å². The second-order valence-corrected chi connectivity index (χ2v) is 5.90. The second-order valence-electron chi connectivity index (χ2n) is 5.54. The predicted octanol–water partition coefficient (Wildman–Crippen LogP) is 0.735. The van der Waals surface area contributed by atoms with E-state index >= 15 is 0 Å². The maximum absolute atomic E-state index is 14.6. The quantitative estimate of drug-likeness (QED) is 0.506. The van der Waals surface area contributed by atoms with Crippen molar-refractivity contribution in [2.75, 3.05) is 11.9 Å². The smallest absolute Gasteiger partial charge is 0.474 e. The maximum Gasteiger partial charge on any atom is 0.501 e. The zero-order valence-electron chi connectivity index (χ0n) is 14.8. The van der Waals surface area contributed by atoms with Gasteiger partial charge in [0.05, 0.1) is 17.4 Å². The van der Waals surface area contributed by atoms with E-state index < -0.39 is 52.9 Å². The van der Waals surface area contributed by atoms with Crippen LogP contribution >= 0.6 is 12.2 Å². The number of carbonyl (C=O) groups is 1. The molecule has 0 unspecified atom stereocenters. The number of nitrogens with one attached hydrogen (secondary N) is 1. The summed E-state index contributed by atoms with van der Waals surface area (Å²) in [7, 11) is 2.47. The van der Waals surface area contributed by atoms with Gasteiger partial charge in [-0.25, -0.2) is 23.3 Å². The lowest BCUT2D eigenvalue weighted by atomic mass is 10.2. The number of hydrogen-bond acceptors (Lipinski definition) is 7. The molecule has 1 heterocycles. The van der Waals surface area contributed by atoms with Crippen LogP contribution in [0.2, 0.25) is 0 Å². The Kier molecular flexibility index (Phi) is 5.83. The Morgan fingerprint density at radius 1 is 1.31 bits per heavy atom. The van der Waals surface area contributed by atoms with Gasteiger partial charge in [-0.05, 0) is 18.3 Å². The maximum atomic E-state index is 14.6. The van der Waals surface area contributed by atoms with Gasteiger partial charge in [0.2, 0.25) is 0 Å². The third-order valence-corrected chi connectivity index (χ3v) is 4.21. The van der Waals surface area contributed by atoms with Crippen LogP contribution in [0, 0.1) is 21.9 Å². The number of alkyl halides is 2. The van der Waals surface area contributed by atoms with Crippen LogP contribution in [0.4, 0.5) is 18.9 Å². The van der Waals surface area contributed by atoms with Crippen LogP contribution in [0.5, 0.6) is 5.75 Å². The summed E-state index contributed by atoms with van der Waals surface area (Å²) in [5, 5.41) is 19.5. The standard InChI is InChI=1S/C15H12F3N5O5S/c1-21-12(26)23(13(27)22(2)14(21)29)9-6-8(20-4-3-19)10(5-7(9)16)28-15(17,18)11(24)25/h5-6,20H,4H2,1-2H3,(H,24,25). The number of rotatable bonds is 6. The molecule has 14 heteroatoms. The number of halogens is 3.